The van der Waals surface area contributed by atoms with Crippen LogP contribution in [0.2, 0.25) is 0 Å². The van der Waals surface area contributed by atoms with E-state index in [1.54, 1.807) is 32.9 Å². The van der Waals surface area contributed by atoms with Gasteiger partial charge in [-0.05, 0) is 20.8 Å². The van der Waals surface area contributed by atoms with Crippen molar-refractivity contribution in [3.05, 3.63) is 22.6 Å². The second-order valence-electron chi connectivity index (χ2n) is 3.30. The molecule has 0 radical (unpaired) electrons. The van der Waals surface area contributed by atoms with E-state index in [2.05, 4.69) is 31.8 Å². The second-order valence-corrected chi connectivity index (χ2v) is 3.47. The van der Waals surface area contributed by atoms with E-state index < -0.39 is 0 Å². The van der Waals surface area contributed by atoms with Crippen LogP contribution >= 0.6 is 11.9 Å². The van der Waals surface area contributed by atoms with E-state index in [1.165, 1.54) is 0 Å². The molecule has 0 amide bonds. The molecule has 12 heteroatoms. The number of nitrogen functional groups attached to an aromatic ring is 1. The summed E-state index contributed by atoms with van der Waals surface area (Å²) in [6.45, 7) is 5.55. The van der Waals surface area contributed by atoms with E-state index >= 15 is 0 Å². The molecule has 1 aromatic rings. The van der Waals surface area contributed by atoms with E-state index in [0.717, 1.165) is 0 Å². The molecule has 0 aromatic carbocycles. The summed E-state index contributed by atoms with van der Waals surface area (Å²) in [7, 11) is 0. The maximum atomic E-state index is 8.36. The molecular formula is C12H16ClN6NaO4. The first-order valence-electron chi connectivity index (χ1n) is 5.66. The minimum Gasteiger partial charge on any atom is -0.870 e. The van der Waals surface area contributed by atoms with Crippen LogP contribution in [0.15, 0.2) is 15.9 Å². The zero-order chi connectivity index (χ0) is 17.5. The van der Waals surface area contributed by atoms with Crippen molar-refractivity contribution in [3.8, 4) is 18.2 Å². The Bertz CT molecular complexity index is 579. The van der Waals surface area contributed by atoms with Crippen molar-refractivity contribution in [2.24, 2.45) is 5.90 Å². The molecule has 0 unspecified atom stereocenters. The first-order chi connectivity index (χ1) is 10.4. The van der Waals surface area contributed by atoms with Gasteiger partial charge in [-0.25, -0.2) is 0 Å². The van der Waals surface area contributed by atoms with Crippen molar-refractivity contribution >= 4 is 17.8 Å². The van der Waals surface area contributed by atoms with Gasteiger partial charge in [-0.15, -0.1) is 0 Å². The molecule has 0 fully saturated rings. The van der Waals surface area contributed by atoms with Gasteiger partial charge in [0.15, 0.2) is 5.57 Å². The maximum absolute atomic E-state index is 8.36. The molecule has 24 heavy (non-hydrogen) atoms. The monoisotopic (exact) mass is 366 g/mol. The fourth-order valence-corrected chi connectivity index (χ4v) is 0.994. The normalized spacial score (nSPS) is 7.08. The molecule has 5 N–H and O–H groups in total. The molecular weight excluding hydrogens is 351 g/mol. The number of halogens is 1. The van der Waals surface area contributed by atoms with Gasteiger partial charge in [-0.3, -0.25) is 0 Å². The Morgan fingerprint density at radius 2 is 1.79 bits per heavy atom. The average molecular weight is 367 g/mol. The first-order valence-corrected chi connectivity index (χ1v) is 5.97. The minimum absolute atomic E-state index is 0. The number of aryl methyl sites for hydroxylation is 1. The van der Waals surface area contributed by atoms with Gasteiger partial charge in [0.1, 0.15) is 35.2 Å². The molecule has 0 bridgehead atoms. The molecule has 0 aliphatic heterocycles. The second kappa shape index (κ2) is 19.2. The van der Waals surface area contributed by atoms with Gasteiger partial charge in [0.25, 0.3) is 0 Å². The molecule has 0 atom stereocenters. The number of nitrogens with two attached hydrogens (primary N) is 2. The van der Waals surface area contributed by atoms with Crippen LogP contribution in [-0.2, 0) is 9.13 Å². The SMILES string of the molecule is CCOC(C)=C(C#N)C#N.Cc1noc(N)c1C#N.NOCl.[Na+].[OH-]. The van der Waals surface area contributed by atoms with E-state index in [9.17, 15) is 0 Å². The predicted octanol–water partition coefficient (Wildman–Crippen LogP) is -1.36. The number of ether oxygens (including phenoxy) is 1. The quantitative estimate of drug-likeness (QED) is 0.272. The predicted molar refractivity (Wildman–Crippen MR) is 79.0 cm³/mol. The maximum Gasteiger partial charge on any atom is 1.00 e. The van der Waals surface area contributed by atoms with E-state index in [-0.39, 0.29) is 46.5 Å². The smallest absolute Gasteiger partial charge is 0.870 e. The number of rotatable bonds is 2. The number of aromatic nitrogens is 1. The molecule has 0 aliphatic carbocycles. The molecule has 0 aliphatic rings. The van der Waals surface area contributed by atoms with Gasteiger partial charge in [-0.2, -0.15) is 26.1 Å². The Kier molecular flexibility index (Phi) is 24.1. The standard InChI is InChI=1S/C7H8N2O.C5H5N3O.ClH2NO.Na.H2O/c1-3-10-6(2)7(4-8)5-9;1-3-4(2-6)5(7)9-8-3;1-3-2;;/h3H2,1-2H3;7H2,1H3;2H2;;1H2/q;;;+1;/p-1. The van der Waals surface area contributed by atoms with Crippen LogP contribution in [0.4, 0.5) is 5.88 Å². The van der Waals surface area contributed by atoms with Crippen molar-refractivity contribution in [2.75, 3.05) is 12.3 Å². The third-order valence-corrected chi connectivity index (χ3v) is 1.94. The zero-order valence-corrected chi connectivity index (χ0v) is 16.5. The number of anilines is 1. The Labute approximate surface area is 166 Å². The van der Waals surface area contributed by atoms with Crippen molar-refractivity contribution in [2.45, 2.75) is 20.8 Å². The number of allylic oxidation sites excluding steroid dienone is 2. The number of hydrogen-bond donors (Lipinski definition) is 2. The van der Waals surface area contributed by atoms with Gasteiger partial charge >= 0.3 is 29.6 Å². The number of nitriles is 3. The third-order valence-electron chi connectivity index (χ3n) is 1.94. The summed E-state index contributed by atoms with van der Waals surface area (Å²) < 4.78 is 12.6. The van der Waals surface area contributed by atoms with Crippen molar-refractivity contribution in [1.29, 1.82) is 15.8 Å². The van der Waals surface area contributed by atoms with Gasteiger partial charge < -0.3 is 20.5 Å². The first kappa shape index (κ1) is 30.1. The third kappa shape index (κ3) is 12.7. The van der Waals surface area contributed by atoms with Crippen LogP contribution in [0, 0.1) is 40.9 Å². The van der Waals surface area contributed by atoms with Crippen molar-refractivity contribution in [3.63, 3.8) is 0 Å². The van der Waals surface area contributed by atoms with Crippen LogP contribution in [0.25, 0.3) is 0 Å². The zero-order valence-electron chi connectivity index (χ0n) is 13.7. The molecule has 1 aromatic heterocycles. The summed E-state index contributed by atoms with van der Waals surface area (Å²) in [5.74, 6) is 4.60. The van der Waals surface area contributed by atoms with E-state index in [0.29, 0.717) is 23.6 Å². The van der Waals surface area contributed by atoms with Crippen molar-refractivity contribution in [1.82, 2.24) is 5.16 Å². The van der Waals surface area contributed by atoms with Gasteiger partial charge in [0.2, 0.25) is 5.88 Å². The summed E-state index contributed by atoms with van der Waals surface area (Å²) in [5.41, 5.74) is 6.11. The van der Waals surface area contributed by atoms with Crippen molar-refractivity contribution < 1.29 is 48.7 Å². The molecule has 0 saturated carbocycles. The number of hydrogen-bond acceptors (Lipinski definition) is 10. The Morgan fingerprint density at radius 1 is 1.33 bits per heavy atom. The fourth-order valence-electron chi connectivity index (χ4n) is 0.994. The Morgan fingerprint density at radius 3 is 2.00 bits per heavy atom. The van der Waals surface area contributed by atoms with E-state index in [4.69, 9.17) is 26.3 Å². The van der Waals surface area contributed by atoms with Crippen LogP contribution in [-0.4, -0.2) is 17.2 Å². The summed E-state index contributed by atoms with van der Waals surface area (Å²) in [4.78, 5) is 0. The minimum atomic E-state index is 0. The van der Waals surface area contributed by atoms with Gasteiger partial charge in [0.05, 0.1) is 18.5 Å². The van der Waals surface area contributed by atoms with Crippen LogP contribution < -0.4 is 41.2 Å². The summed E-state index contributed by atoms with van der Waals surface area (Å²) in [6.07, 6.45) is 0. The van der Waals surface area contributed by atoms with Crippen LogP contribution in [0.1, 0.15) is 25.1 Å². The average Bonchev–Trinajstić information content (AvgIpc) is 2.80. The van der Waals surface area contributed by atoms with Gasteiger partial charge in [0, 0.05) is 0 Å². The summed E-state index contributed by atoms with van der Waals surface area (Å²) >= 11 is 4.28. The van der Waals surface area contributed by atoms with Crippen LogP contribution in [0.5, 0.6) is 0 Å². The largest absolute Gasteiger partial charge is 1.00 e. The number of nitrogens with zero attached hydrogens (tertiary/aromatic N) is 4. The Balaban J connectivity index is -0.000000134. The summed E-state index contributed by atoms with van der Waals surface area (Å²) in [6, 6.07) is 5.32. The molecule has 0 saturated heterocycles. The fraction of sp³-hybridized carbons (Fsp3) is 0.333. The van der Waals surface area contributed by atoms with E-state index in [1.807, 2.05) is 6.07 Å². The summed E-state index contributed by atoms with van der Waals surface area (Å²) in [5, 5.41) is 28.4. The van der Waals surface area contributed by atoms with Gasteiger partial charge in [-0.1, -0.05) is 5.16 Å². The topological polar surface area (TPSA) is 198 Å². The molecule has 0 spiro atoms. The molecule has 126 valence electrons. The molecule has 10 nitrogen and oxygen atoms in total. The Hall–Kier alpha value is -1.81. The molecule has 1 heterocycles. The van der Waals surface area contributed by atoms with Crippen LogP contribution in [0.3, 0.4) is 0 Å². The molecule has 1 rings (SSSR count).